The first-order chi connectivity index (χ1) is 13.2. The Balaban J connectivity index is 2.22. The largest absolute Gasteiger partial charge is 0.463 e. The van der Waals surface area contributed by atoms with E-state index < -0.39 is 22.0 Å². The smallest absolute Gasteiger partial charge is 0.337 e. The van der Waals surface area contributed by atoms with Gasteiger partial charge in [0.25, 0.3) is 0 Å². The van der Waals surface area contributed by atoms with Crippen LogP contribution in [0.3, 0.4) is 0 Å². The van der Waals surface area contributed by atoms with Crippen molar-refractivity contribution >= 4 is 33.8 Å². The molecule has 9 nitrogen and oxygen atoms in total. The highest BCUT2D eigenvalue weighted by Crippen LogP contribution is 2.24. The molecule has 1 aromatic heterocycles. The summed E-state index contributed by atoms with van der Waals surface area (Å²) in [5, 5.41) is 5.95. The third-order valence-corrected chi connectivity index (χ3v) is 6.77. The third-order valence-electron chi connectivity index (χ3n) is 4.00. The summed E-state index contributed by atoms with van der Waals surface area (Å²) >= 11 is 1.28. The predicted octanol–water partition coefficient (Wildman–Crippen LogP) is 1.33. The lowest BCUT2D eigenvalue weighted by atomic mass is 10.0. The number of nitrogens with zero attached hydrogens (tertiary/aromatic N) is 2. The van der Waals surface area contributed by atoms with Crippen LogP contribution in [0.4, 0.5) is 4.79 Å². The molecule has 0 spiro atoms. The van der Waals surface area contributed by atoms with Gasteiger partial charge in [0.15, 0.2) is 0 Å². The summed E-state index contributed by atoms with van der Waals surface area (Å²) in [6, 6.07) is 2.26. The van der Waals surface area contributed by atoms with Gasteiger partial charge in [0.2, 0.25) is 10.0 Å². The van der Waals surface area contributed by atoms with Gasteiger partial charge in [-0.1, -0.05) is 6.92 Å². The van der Waals surface area contributed by atoms with Gasteiger partial charge in [-0.25, -0.2) is 27.3 Å². The summed E-state index contributed by atoms with van der Waals surface area (Å²) in [7, 11) is -0.648. The highest BCUT2D eigenvalue weighted by molar-refractivity contribution is 7.99. The number of carbonyl (C=O) groups excluding carboxylic acids is 2. The fourth-order valence-electron chi connectivity index (χ4n) is 2.54. The number of thioether (sulfide) groups is 1. The Kier molecular flexibility index (Phi) is 7.44. The van der Waals surface area contributed by atoms with Crippen molar-refractivity contribution in [2.75, 3.05) is 26.5 Å². The first kappa shape index (κ1) is 22.2. The van der Waals surface area contributed by atoms with Crippen LogP contribution in [-0.4, -0.2) is 62.2 Å². The van der Waals surface area contributed by atoms with E-state index in [0.29, 0.717) is 22.7 Å². The van der Waals surface area contributed by atoms with Gasteiger partial charge in [-0.15, -0.1) is 11.8 Å². The van der Waals surface area contributed by atoms with Gasteiger partial charge in [0.1, 0.15) is 4.90 Å². The molecule has 0 fully saturated rings. The normalized spacial score (nSPS) is 17.3. The number of sulfonamides is 1. The maximum atomic E-state index is 12.3. The zero-order valence-electron chi connectivity index (χ0n) is 16.2. The lowest BCUT2D eigenvalue weighted by molar-refractivity contribution is -0.139. The average molecular weight is 429 g/mol. The summed E-state index contributed by atoms with van der Waals surface area (Å²) in [5.41, 5.74) is 0.856. The molecule has 2 amide bonds. The Morgan fingerprint density at radius 3 is 2.57 bits per heavy atom. The zero-order chi connectivity index (χ0) is 20.9. The van der Waals surface area contributed by atoms with Crippen LogP contribution in [0.5, 0.6) is 0 Å². The van der Waals surface area contributed by atoms with Crippen molar-refractivity contribution in [1.82, 2.24) is 19.9 Å². The van der Waals surface area contributed by atoms with Gasteiger partial charge in [0, 0.05) is 31.7 Å². The summed E-state index contributed by atoms with van der Waals surface area (Å²) < 4.78 is 30.4. The molecule has 1 aliphatic rings. The van der Waals surface area contributed by atoms with E-state index in [2.05, 4.69) is 15.6 Å². The highest BCUT2D eigenvalue weighted by atomic mass is 32.2. The van der Waals surface area contributed by atoms with E-state index in [9.17, 15) is 18.0 Å². The molecule has 2 heterocycles. The molecule has 28 heavy (non-hydrogen) atoms. The number of aromatic nitrogens is 1. The molecule has 0 aromatic carbocycles. The Morgan fingerprint density at radius 1 is 1.32 bits per heavy atom. The minimum atomic E-state index is -3.55. The number of pyridine rings is 1. The van der Waals surface area contributed by atoms with Crippen LogP contribution in [0.2, 0.25) is 0 Å². The predicted molar refractivity (Wildman–Crippen MR) is 105 cm³/mol. The third kappa shape index (κ3) is 5.03. The van der Waals surface area contributed by atoms with Crippen molar-refractivity contribution in [3.8, 4) is 0 Å². The molecule has 1 aromatic rings. The maximum absolute atomic E-state index is 12.3. The monoisotopic (exact) mass is 428 g/mol. The van der Waals surface area contributed by atoms with Gasteiger partial charge in [-0.05, 0) is 25.5 Å². The first-order valence-corrected chi connectivity index (χ1v) is 11.1. The number of amides is 2. The lowest BCUT2D eigenvalue weighted by Crippen LogP contribution is -2.50. The van der Waals surface area contributed by atoms with E-state index in [1.807, 2.05) is 6.92 Å². The topological polar surface area (TPSA) is 118 Å². The average Bonchev–Trinajstić information content (AvgIpc) is 2.66. The molecule has 154 valence electrons. The number of ether oxygens (including phenoxy) is 1. The quantitative estimate of drug-likeness (QED) is 0.474. The second-order valence-corrected chi connectivity index (χ2v) is 9.23. The fraction of sp³-hybridized carbons (Fsp3) is 0.471. The SMILES string of the molecule is CCOC(=O)C1=C(CSc2ccc(S(=O)(=O)N(C)C)cn2)NC(=O)N[C@H]1CC. The molecule has 0 unspecified atom stereocenters. The standard InChI is InChI=1S/C17H24N4O5S2/c1-5-12-15(16(22)26-6-2)13(20-17(23)19-12)10-27-14-8-7-11(9-18-14)28(24,25)21(3)4/h7-9,12H,5-6,10H2,1-4H3,(H2,19,20,23)/t12-/m0/s1. The van der Waals surface area contributed by atoms with Crippen molar-refractivity contribution < 1.29 is 22.7 Å². The van der Waals surface area contributed by atoms with Crippen LogP contribution >= 0.6 is 11.8 Å². The summed E-state index contributed by atoms with van der Waals surface area (Å²) in [6.45, 7) is 3.82. The zero-order valence-corrected chi connectivity index (χ0v) is 17.8. The number of esters is 1. The minimum absolute atomic E-state index is 0.0921. The first-order valence-electron chi connectivity index (χ1n) is 8.69. The van der Waals surface area contributed by atoms with Crippen molar-refractivity contribution in [2.24, 2.45) is 0 Å². The number of rotatable bonds is 8. The molecule has 2 rings (SSSR count). The molecule has 0 saturated carbocycles. The summed E-state index contributed by atoms with van der Waals surface area (Å²) in [4.78, 5) is 28.5. The van der Waals surface area contributed by atoms with Crippen molar-refractivity contribution in [2.45, 2.75) is 36.2 Å². The van der Waals surface area contributed by atoms with Crippen molar-refractivity contribution in [3.63, 3.8) is 0 Å². The van der Waals surface area contributed by atoms with Crippen LogP contribution in [-0.2, 0) is 19.6 Å². The van der Waals surface area contributed by atoms with Gasteiger partial charge in [-0.2, -0.15) is 0 Å². The summed E-state index contributed by atoms with van der Waals surface area (Å²) in [6.07, 6.45) is 1.83. The van der Waals surface area contributed by atoms with Crippen LogP contribution in [0.25, 0.3) is 0 Å². The van der Waals surface area contributed by atoms with Crippen LogP contribution in [0, 0.1) is 0 Å². The molecule has 11 heteroatoms. The van der Waals surface area contributed by atoms with Gasteiger partial charge < -0.3 is 15.4 Å². The number of nitrogens with one attached hydrogen (secondary N) is 2. The van der Waals surface area contributed by atoms with E-state index in [0.717, 1.165) is 4.31 Å². The fourth-order valence-corrected chi connectivity index (χ4v) is 4.20. The van der Waals surface area contributed by atoms with Crippen molar-refractivity contribution in [1.29, 1.82) is 0 Å². The Bertz CT molecular complexity index is 866. The summed E-state index contributed by atoms with van der Waals surface area (Å²) in [5.74, 6) is -0.192. The van der Waals surface area contributed by atoms with Crippen molar-refractivity contribution in [3.05, 3.63) is 29.6 Å². The number of carbonyl (C=O) groups is 2. The number of hydrogen-bond acceptors (Lipinski definition) is 7. The molecule has 0 saturated heterocycles. The molecule has 0 aliphatic carbocycles. The number of hydrogen-bond donors (Lipinski definition) is 2. The van der Waals surface area contributed by atoms with Crippen LogP contribution < -0.4 is 10.6 Å². The van der Waals surface area contributed by atoms with Gasteiger partial charge in [0.05, 0.1) is 23.2 Å². The molecule has 2 N–H and O–H groups in total. The lowest BCUT2D eigenvalue weighted by Gasteiger charge is -2.28. The van der Waals surface area contributed by atoms with Crippen LogP contribution in [0.15, 0.2) is 39.5 Å². The van der Waals surface area contributed by atoms with E-state index in [-0.39, 0.29) is 23.3 Å². The Labute approximate surface area is 169 Å². The Morgan fingerprint density at radius 2 is 2.04 bits per heavy atom. The van der Waals surface area contributed by atoms with Gasteiger partial charge in [-0.3, -0.25) is 0 Å². The molecule has 1 aliphatic heterocycles. The molecule has 1 atom stereocenters. The van der Waals surface area contributed by atoms with E-state index in [1.54, 1.807) is 13.0 Å². The minimum Gasteiger partial charge on any atom is -0.463 e. The van der Waals surface area contributed by atoms with E-state index >= 15 is 0 Å². The van der Waals surface area contributed by atoms with E-state index in [1.165, 1.54) is 38.1 Å². The second kappa shape index (κ2) is 9.39. The molecular weight excluding hydrogens is 404 g/mol. The molecular formula is C17H24N4O5S2. The van der Waals surface area contributed by atoms with E-state index in [4.69, 9.17) is 4.74 Å². The van der Waals surface area contributed by atoms with Crippen LogP contribution in [0.1, 0.15) is 20.3 Å². The Hall–Kier alpha value is -2.11. The molecule has 0 radical (unpaired) electrons. The number of urea groups is 1. The maximum Gasteiger partial charge on any atom is 0.337 e. The molecule has 0 bridgehead atoms. The highest BCUT2D eigenvalue weighted by Gasteiger charge is 2.31. The van der Waals surface area contributed by atoms with Gasteiger partial charge >= 0.3 is 12.0 Å². The second-order valence-electron chi connectivity index (χ2n) is 6.08.